The van der Waals surface area contributed by atoms with Gasteiger partial charge in [-0.2, -0.15) is 0 Å². The monoisotopic (exact) mass is 289 g/mol. The third-order valence-corrected chi connectivity index (χ3v) is 4.69. The zero-order valence-electron chi connectivity index (χ0n) is 13.3. The molecule has 2 aliphatic rings. The highest BCUT2D eigenvalue weighted by molar-refractivity contribution is 5.33. The number of piperazine rings is 1. The fraction of sp³-hybridized carbons (Fsp3) is 0.750. The average Bonchev–Trinajstić information content (AvgIpc) is 3.09. The van der Waals surface area contributed by atoms with Crippen molar-refractivity contribution in [3.63, 3.8) is 0 Å². The highest BCUT2D eigenvalue weighted by atomic mass is 15.3. The molecule has 0 bridgehead atoms. The summed E-state index contributed by atoms with van der Waals surface area (Å²) in [6, 6.07) is 2.88. The topological polar surface area (TPSA) is 44.3 Å². The summed E-state index contributed by atoms with van der Waals surface area (Å²) in [5.74, 6) is 0.940. The van der Waals surface area contributed by atoms with E-state index in [1.54, 1.807) is 0 Å². The smallest absolute Gasteiger partial charge is 0.225 e. The Kier molecular flexibility index (Phi) is 4.70. The molecule has 1 aromatic rings. The van der Waals surface area contributed by atoms with Crippen LogP contribution < -0.4 is 10.2 Å². The quantitative estimate of drug-likeness (QED) is 0.899. The summed E-state index contributed by atoms with van der Waals surface area (Å²) in [6.45, 7) is 11.0. The van der Waals surface area contributed by atoms with Crippen LogP contribution in [0.2, 0.25) is 0 Å². The predicted molar refractivity (Wildman–Crippen MR) is 85.8 cm³/mol. The minimum atomic E-state index is 0.737. The fourth-order valence-electron chi connectivity index (χ4n) is 3.28. The van der Waals surface area contributed by atoms with Crippen molar-refractivity contribution in [2.24, 2.45) is 0 Å². The summed E-state index contributed by atoms with van der Waals surface area (Å²) in [5.41, 5.74) is 2.33. The molecule has 1 unspecified atom stereocenters. The van der Waals surface area contributed by atoms with Crippen molar-refractivity contribution in [1.29, 1.82) is 0 Å². The van der Waals surface area contributed by atoms with E-state index in [2.05, 4.69) is 35.0 Å². The van der Waals surface area contributed by atoms with Gasteiger partial charge in [-0.15, -0.1) is 0 Å². The van der Waals surface area contributed by atoms with Crippen molar-refractivity contribution in [2.45, 2.75) is 39.2 Å². The van der Waals surface area contributed by atoms with Crippen LogP contribution in [0.5, 0.6) is 0 Å². The number of aromatic nitrogens is 2. The van der Waals surface area contributed by atoms with Crippen molar-refractivity contribution in [3.05, 3.63) is 17.5 Å². The van der Waals surface area contributed by atoms with E-state index in [0.29, 0.717) is 0 Å². The van der Waals surface area contributed by atoms with E-state index in [1.807, 2.05) is 0 Å². The maximum Gasteiger partial charge on any atom is 0.225 e. The van der Waals surface area contributed by atoms with Gasteiger partial charge >= 0.3 is 0 Å². The van der Waals surface area contributed by atoms with E-state index in [-0.39, 0.29) is 0 Å². The van der Waals surface area contributed by atoms with Gasteiger partial charge in [0.1, 0.15) is 0 Å². The summed E-state index contributed by atoms with van der Waals surface area (Å²) < 4.78 is 0. The zero-order chi connectivity index (χ0) is 14.7. The average molecular weight is 289 g/mol. The number of anilines is 1. The molecule has 0 aromatic carbocycles. The van der Waals surface area contributed by atoms with Crippen LogP contribution in [0.4, 0.5) is 5.95 Å². The summed E-state index contributed by atoms with van der Waals surface area (Å²) in [7, 11) is 0. The second-order valence-electron chi connectivity index (χ2n) is 6.03. The van der Waals surface area contributed by atoms with Gasteiger partial charge in [-0.3, -0.25) is 4.90 Å². The molecule has 2 fully saturated rings. The Bertz CT molecular complexity index is 439. The number of rotatable bonds is 4. The Morgan fingerprint density at radius 3 is 2.29 bits per heavy atom. The van der Waals surface area contributed by atoms with Crippen LogP contribution in [-0.4, -0.2) is 60.2 Å². The normalized spacial score (nSPS) is 23.7. The molecule has 2 saturated heterocycles. The van der Waals surface area contributed by atoms with Crippen LogP contribution in [-0.2, 0) is 12.8 Å². The van der Waals surface area contributed by atoms with Gasteiger partial charge in [-0.1, -0.05) is 13.8 Å². The summed E-state index contributed by atoms with van der Waals surface area (Å²) in [6.07, 6.45) is 3.26. The van der Waals surface area contributed by atoms with Crippen molar-refractivity contribution in [3.8, 4) is 0 Å². The minimum absolute atomic E-state index is 0.737. The van der Waals surface area contributed by atoms with E-state index >= 15 is 0 Å². The molecule has 116 valence electrons. The molecule has 0 spiro atoms. The van der Waals surface area contributed by atoms with Crippen molar-refractivity contribution < 1.29 is 0 Å². The molecule has 0 aliphatic carbocycles. The minimum Gasteiger partial charge on any atom is -0.338 e. The van der Waals surface area contributed by atoms with Crippen LogP contribution in [0.3, 0.4) is 0 Å². The van der Waals surface area contributed by atoms with Crippen molar-refractivity contribution >= 4 is 5.95 Å². The largest absolute Gasteiger partial charge is 0.338 e. The lowest BCUT2D eigenvalue weighted by Crippen LogP contribution is -2.51. The number of nitrogens with one attached hydrogen (secondary N) is 1. The molecular weight excluding hydrogens is 262 g/mol. The number of aryl methyl sites for hydroxylation is 2. The lowest BCUT2D eigenvalue weighted by molar-refractivity contribution is 0.196. The standard InChI is InChI=1S/C16H27N5/c1-3-13-11-14(4-2)19-16(18-13)21-9-7-20(8-10-21)15-5-6-17-12-15/h11,15,17H,3-10,12H2,1-2H3. The first-order chi connectivity index (χ1) is 10.3. The Balaban J connectivity index is 1.65. The molecule has 5 heteroatoms. The zero-order valence-corrected chi connectivity index (χ0v) is 13.3. The second kappa shape index (κ2) is 6.71. The Morgan fingerprint density at radius 1 is 1.10 bits per heavy atom. The first kappa shape index (κ1) is 14.7. The third-order valence-electron chi connectivity index (χ3n) is 4.69. The van der Waals surface area contributed by atoms with Crippen LogP contribution >= 0.6 is 0 Å². The highest BCUT2D eigenvalue weighted by Gasteiger charge is 2.26. The molecule has 3 rings (SSSR count). The Morgan fingerprint density at radius 2 is 1.76 bits per heavy atom. The van der Waals surface area contributed by atoms with Gasteiger partial charge in [-0.25, -0.2) is 9.97 Å². The van der Waals surface area contributed by atoms with E-state index in [4.69, 9.17) is 9.97 Å². The van der Waals surface area contributed by atoms with E-state index in [1.165, 1.54) is 24.4 Å². The molecule has 5 nitrogen and oxygen atoms in total. The summed E-state index contributed by atoms with van der Waals surface area (Å²) in [5, 5.41) is 3.46. The third kappa shape index (κ3) is 3.35. The maximum absolute atomic E-state index is 4.73. The Hall–Kier alpha value is -1.20. The molecule has 21 heavy (non-hydrogen) atoms. The first-order valence-corrected chi connectivity index (χ1v) is 8.36. The summed E-state index contributed by atoms with van der Waals surface area (Å²) >= 11 is 0. The first-order valence-electron chi connectivity index (χ1n) is 8.36. The maximum atomic E-state index is 4.73. The fourth-order valence-corrected chi connectivity index (χ4v) is 3.28. The molecular formula is C16H27N5. The van der Waals surface area contributed by atoms with Gasteiger partial charge in [0.15, 0.2) is 0 Å². The van der Waals surface area contributed by atoms with Crippen molar-refractivity contribution in [1.82, 2.24) is 20.2 Å². The van der Waals surface area contributed by atoms with Gasteiger partial charge in [-0.05, 0) is 31.9 Å². The van der Waals surface area contributed by atoms with Crippen LogP contribution in [0.1, 0.15) is 31.7 Å². The van der Waals surface area contributed by atoms with Crippen LogP contribution in [0, 0.1) is 0 Å². The molecule has 1 aromatic heterocycles. The molecule has 0 saturated carbocycles. The molecule has 2 aliphatic heterocycles. The molecule has 1 N–H and O–H groups in total. The molecule has 0 amide bonds. The van der Waals surface area contributed by atoms with Gasteiger partial charge in [0.25, 0.3) is 0 Å². The number of hydrogen-bond donors (Lipinski definition) is 1. The summed E-state index contributed by atoms with van der Waals surface area (Å²) in [4.78, 5) is 14.4. The molecule has 0 radical (unpaired) electrons. The van der Waals surface area contributed by atoms with Crippen molar-refractivity contribution in [2.75, 3.05) is 44.2 Å². The van der Waals surface area contributed by atoms with Gasteiger partial charge in [0.2, 0.25) is 5.95 Å². The Labute approximate surface area is 127 Å². The van der Waals surface area contributed by atoms with E-state index in [0.717, 1.165) is 57.6 Å². The van der Waals surface area contributed by atoms with Gasteiger partial charge in [0, 0.05) is 50.2 Å². The van der Waals surface area contributed by atoms with Crippen LogP contribution in [0.15, 0.2) is 6.07 Å². The van der Waals surface area contributed by atoms with Crippen LogP contribution in [0.25, 0.3) is 0 Å². The van der Waals surface area contributed by atoms with Gasteiger partial charge < -0.3 is 10.2 Å². The molecule has 1 atom stereocenters. The lowest BCUT2D eigenvalue weighted by Gasteiger charge is -2.37. The van der Waals surface area contributed by atoms with E-state index < -0.39 is 0 Å². The van der Waals surface area contributed by atoms with E-state index in [9.17, 15) is 0 Å². The number of nitrogens with zero attached hydrogens (tertiary/aromatic N) is 4. The highest BCUT2D eigenvalue weighted by Crippen LogP contribution is 2.17. The molecule has 3 heterocycles. The lowest BCUT2D eigenvalue weighted by atomic mass is 10.2. The second-order valence-corrected chi connectivity index (χ2v) is 6.03. The predicted octanol–water partition coefficient (Wildman–Crippen LogP) is 1.09. The van der Waals surface area contributed by atoms with Gasteiger partial charge in [0.05, 0.1) is 0 Å². The SMILES string of the molecule is CCc1cc(CC)nc(N2CCN(C3CCNC3)CC2)n1. The number of hydrogen-bond acceptors (Lipinski definition) is 5.